The van der Waals surface area contributed by atoms with E-state index in [-0.39, 0.29) is 24.3 Å². The number of carbonyl (C=O) groups excluding carboxylic acids is 2. The fourth-order valence-electron chi connectivity index (χ4n) is 4.24. The third-order valence-electron chi connectivity index (χ3n) is 6.06. The molecule has 2 atom stereocenters. The molecule has 4 rings (SSSR count). The lowest BCUT2D eigenvalue weighted by atomic mass is 9.94. The summed E-state index contributed by atoms with van der Waals surface area (Å²) < 4.78 is 7.45. The predicted molar refractivity (Wildman–Crippen MR) is 132 cm³/mol. The maximum absolute atomic E-state index is 12.7. The number of nitriles is 1. The van der Waals surface area contributed by atoms with Crippen LogP contribution in [0.15, 0.2) is 36.7 Å². The van der Waals surface area contributed by atoms with Gasteiger partial charge in [-0.1, -0.05) is 13.0 Å². The highest BCUT2D eigenvalue weighted by molar-refractivity contribution is 7.16. The number of aromatic nitrogens is 3. The second kappa shape index (κ2) is 11.1. The van der Waals surface area contributed by atoms with Crippen molar-refractivity contribution in [2.75, 3.05) is 5.32 Å². The molecule has 0 radical (unpaired) electrons. The normalized spacial score (nSPS) is 15.5. The van der Waals surface area contributed by atoms with Gasteiger partial charge in [-0.15, -0.1) is 11.3 Å². The van der Waals surface area contributed by atoms with Crippen LogP contribution in [0.1, 0.15) is 60.0 Å². The topological polar surface area (TPSA) is 122 Å². The first-order valence-corrected chi connectivity index (χ1v) is 12.5. The average molecular weight is 493 g/mol. The molecule has 9 nitrogen and oxygen atoms in total. The Morgan fingerprint density at radius 2 is 2.20 bits per heavy atom. The number of anilines is 1. The molecule has 0 aliphatic heterocycles. The number of amides is 2. The van der Waals surface area contributed by atoms with E-state index in [9.17, 15) is 14.9 Å². The molecule has 182 valence electrons. The predicted octanol–water partition coefficient (Wildman–Crippen LogP) is 4.15. The van der Waals surface area contributed by atoms with Gasteiger partial charge in [-0.3, -0.25) is 14.5 Å². The minimum absolute atomic E-state index is 0.0384. The summed E-state index contributed by atoms with van der Waals surface area (Å²) in [5.74, 6) is -0.194. The van der Waals surface area contributed by atoms with Gasteiger partial charge in [-0.05, 0) is 43.5 Å². The number of thiophene rings is 1. The van der Waals surface area contributed by atoms with Crippen LogP contribution in [-0.4, -0.2) is 32.9 Å². The Kier molecular flexibility index (Phi) is 7.77. The Bertz CT molecular complexity index is 1230. The van der Waals surface area contributed by atoms with Crippen molar-refractivity contribution in [1.29, 1.82) is 5.26 Å². The van der Waals surface area contributed by atoms with Crippen LogP contribution in [0.4, 0.5) is 9.80 Å². The Morgan fingerprint density at radius 3 is 2.94 bits per heavy atom. The van der Waals surface area contributed by atoms with E-state index in [2.05, 4.69) is 26.8 Å². The molecular formula is C25H28N6O3S. The largest absolute Gasteiger partial charge is 0.446 e. The van der Waals surface area contributed by atoms with E-state index in [1.807, 2.05) is 42.8 Å². The summed E-state index contributed by atoms with van der Waals surface area (Å²) in [6.45, 7) is 5.01. The summed E-state index contributed by atoms with van der Waals surface area (Å²) in [6, 6.07) is 9.75. The second-order valence-corrected chi connectivity index (χ2v) is 9.59. The van der Waals surface area contributed by atoms with Crippen molar-refractivity contribution in [3.63, 3.8) is 0 Å². The highest BCUT2D eigenvalue weighted by atomic mass is 32.1. The van der Waals surface area contributed by atoms with Crippen LogP contribution in [0.25, 0.3) is 0 Å². The summed E-state index contributed by atoms with van der Waals surface area (Å²) in [5.41, 5.74) is 3.22. The van der Waals surface area contributed by atoms with Crippen LogP contribution < -0.4 is 10.6 Å². The molecule has 3 aromatic rings. The van der Waals surface area contributed by atoms with Crippen LogP contribution >= 0.6 is 11.3 Å². The molecule has 2 unspecified atom stereocenters. The number of hydrogen-bond donors (Lipinski definition) is 2. The number of aryl methyl sites for hydroxylation is 1. The number of carbonyl (C=O) groups is 2. The minimum atomic E-state index is -0.476. The second-order valence-electron chi connectivity index (χ2n) is 8.49. The standard InChI is InChI=1S/C25H28N6O3S/c1-3-31-17(9-11-29-31)15-28-25(33)34-18-7-8-19-20(14-26)24(35-22(19)13-18)30-23(32)12-16(2)21-6-4-5-10-27-21/h4-6,9-11,16,18H,3,7-8,12-13,15H2,1-2H3,(H,28,33)(H,30,32). The van der Waals surface area contributed by atoms with Gasteiger partial charge >= 0.3 is 6.09 Å². The zero-order valence-electron chi connectivity index (χ0n) is 19.8. The van der Waals surface area contributed by atoms with Gasteiger partial charge in [-0.25, -0.2) is 4.79 Å². The first kappa shape index (κ1) is 24.4. The van der Waals surface area contributed by atoms with Crippen molar-refractivity contribution in [3.8, 4) is 6.07 Å². The molecule has 0 spiro atoms. The fraction of sp³-hybridized carbons (Fsp3) is 0.400. The molecule has 1 aliphatic carbocycles. The van der Waals surface area contributed by atoms with Crippen LogP contribution in [0.5, 0.6) is 0 Å². The SMILES string of the molecule is CCn1nccc1CNC(=O)OC1CCc2c(sc(NC(=O)CC(C)c3ccccn3)c2C#N)C1. The van der Waals surface area contributed by atoms with Crippen molar-refractivity contribution >= 4 is 28.3 Å². The van der Waals surface area contributed by atoms with Crippen molar-refractivity contribution < 1.29 is 14.3 Å². The van der Waals surface area contributed by atoms with Crippen molar-refractivity contribution in [2.45, 2.75) is 64.6 Å². The van der Waals surface area contributed by atoms with E-state index in [0.29, 0.717) is 36.4 Å². The average Bonchev–Trinajstić information content (AvgIpc) is 3.46. The van der Waals surface area contributed by atoms with Gasteiger partial charge in [0, 0.05) is 48.3 Å². The zero-order valence-corrected chi connectivity index (χ0v) is 20.6. The Balaban J connectivity index is 1.34. The number of fused-ring (bicyclic) bond motifs is 1. The minimum Gasteiger partial charge on any atom is -0.446 e. The summed E-state index contributed by atoms with van der Waals surface area (Å²) in [7, 11) is 0. The molecule has 3 heterocycles. The summed E-state index contributed by atoms with van der Waals surface area (Å²) in [5, 5.41) is 20.2. The van der Waals surface area contributed by atoms with E-state index in [4.69, 9.17) is 4.74 Å². The van der Waals surface area contributed by atoms with Gasteiger partial charge < -0.3 is 15.4 Å². The van der Waals surface area contributed by atoms with E-state index in [0.717, 1.165) is 28.4 Å². The molecule has 0 saturated carbocycles. The molecule has 0 aromatic carbocycles. The molecule has 1 aliphatic rings. The molecule has 0 saturated heterocycles. The van der Waals surface area contributed by atoms with Crippen LogP contribution in [0.3, 0.4) is 0 Å². The molecule has 10 heteroatoms. The smallest absolute Gasteiger partial charge is 0.407 e. The first-order valence-electron chi connectivity index (χ1n) is 11.7. The van der Waals surface area contributed by atoms with Crippen molar-refractivity contribution in [3.05, 3.63) is 64.1 Å². The van der Waals surface area contributed by atoms with E-state index >= 15 is 0 Å². The van der Waals surface area contributed by atoms with Gasteiger partial charge in [0.15, 0.2) is 0 Å². The Labute approximate surface area is 208 Å². The Morgan fingerprint density at radius 1 is 1.34 bits per heavy atom. The van der Waals surface area contributed by atoms with E-state index < -0.39 is 6.09 Å². The maximum atomic E-state index is 12.7. The number of nitrogens with zero attached hydrogens (tertiary/aromatic N) is 4. The van der Waals surface area contributed by atoms with E-state index in [1.54, 1.807) is 12.4 Å². The first-order chi connectivity index (χ1) is 17.0. The molecule has 0 bridgehead atoms. The summed E-state index contributed by atoms with van der Waals surface area (Å²) in [4.78, 5) is 30.3. The van der Waals surface area contributed by atoms with Crippen molar-refractivity contribution in [1.82, 2.24) is 20.1 Å². The lowest BCUT2D eigenvalue weighted by molar-refractivity contribution is -0.116. The summed E-state index contributed by atoms with van der Waals surface area (Å²) >= 11 is 1.39. The highest BCUT2D eigenvalue weighted by Gasteiger charge is 2.28. The van der Waals surface area contributed by atoms with Gasteiger partial charge in [0.2, 0.25) is 5.91 Å². The lowest BCUT2D eigenvalue weighted by Gasteiger charge is -2.22. The number of alkyl carbamates (subject to hydrolysis) is 1. The third-order valence-corrected chi connectivity index (χ3v) is 7.23. The van der Waals surface area contributed by atoms with Gasteiger partial charge in [0.25, 0.3) is 0 Å². The van der Waals surface area contributed by atoms with Crippen LogP contribution in [0.2, 0.25) is 0 Å². The lowest BCUT2D eigenvalue weighted by Crippen LogP contribution is -2.32. The number of nitrogens with one attached hydrogen (secondary N) is 2. The quantitative estimate of drug-likeness (QED) is 0.487. The number of rotatable bonds is 8. The van der Waals surface area contributed by atoms with Gasteiger partial charge in [0.1, 0.15) is 17.2 Å². The molecule has 0 fully saturated rings. The number of hydrogen-bond acceptors (Lipinski definition) is 7. The van der Waals surface area contributed by atoms with E-state index in [1.165, 1.54) is 11.3 Å². The molecule has 2 amide bonds. The van der Waals surface area contributed by atoms with Crippen molar-refractivity contribution in [2.24, 2.45) is 0 Å². The third kappa shape index (κ3) is 5.87. The monoisotopic (exact) mass is 492 g/mol. The van der Waals surface area contributed by atoms with Gasteiger partial charge in [-0.2, -0.15) is 10.4 Å². The van der Waals surface area contributed by atoms with Crippen LogP contribution in [0, 0.1) is 11.3 Å². The number of pyridine rings is 1. The maximum Gasteiger partial charge on any atom is 0.407 e. The fourth-order valence-corrected chi connectivity index (χ4v) is 5.52. The molecule has 2 N–H and O–H groups in total. The summed E-state index contributed by atoms with van der Waals surface area (Å²) in [6.07, 6.45) is 4.70. The molecule has 35 heavy (non-hydrogen) atoms. The zero-order chi connectivity index (χ0) is 24.8. The number of ether oxygens (including phenoxy) is 1. The molecule has 3 aromatic heterocycles. The highest BCUT2D eigenvalue weighted by Crippen LogP contribution is 2.38. The van der Waals surface area contributed by atoms with Crippen LogP contribution in [-0.2, 0) is 35.5 Å². The Hall–Kier alpha value is -3.71. The molecular weight excluding hydrogens is 464 g/mol. The van der Waals surface area contributed by atoms with Gasteiger partial charge in [0.05, 0.1) is 17.8 Å².